The van der Waals surface area contributed by atoms with Gasteiger partial charge in [0, 0.05) is 0 Å². The van der Waals surface area contributed by atoms with Crippen molar-refractivity contribution in [1.82, 2.24) is 10.3 Å². The van der Waals surface area contributed by atoms with Gasteiger partial charge in [-0.25, -0.2) is 8.42 Å². The van der Waals surface area contributed by atoms with E-state index in [4.69, 9.17) is 4.74 Å². The van der Waals surface area contributed by atoms with E-state index in [9.17, 15) is 13.2 Å². The Labute approximate surface area is 151 Å². The number of hydrazine groups is 1. The van der Waals surface area contributed by atoms with Gasteiger partial charge in [-0.05, 0) is 42.0 Å². The third-order valence-corrected chi connectivity index (χ3v) is 5.03. The van der Waals surface area contributed by atoms with Gasteiger partial charge >= 0.3 is 0 Å². The molecule has 0 fully saturated rings. The molecule has 3 aromatic carbocycles. The van der Waals surface area contributed by atoms with Gasteiger partial charge in [0.1, 0.15) is 5.75 Å². The molecule has 7 heteroatoms. The Kier molecular flexibility index (Phi) is 5.20. The number of ether oxygens (including phenoxy) is 1. The summed E-state index contributed by atoms with van der Waals surface area (Å²) >= 11 is 0. The molecule has 0 radical (unpaired) electrons. The van der Waals surface area contributed by atoms with Gasteiger partial charge in [-0.1, -0.05) is 48.5 Å². The monoisotopic (exact) mass is 370 g/mol. The van der Waals surface area contributed by atoms with Crippen molar-refractivity contribution in [3.63, 3.8) is 0 Å². The van der Waals surface area contributed by atoms with Crippen molar-refractivity contribution in [3.8, 4) is 5.75 Å². The molecule has 1 atom stereocenters. The molecule has 3 rings (SSSR count). The zero-order valence-corrected chi connectivity index (χ0v) is 14.9. The molecule has 2 N–H and O–H groups in total. The summed E-state index contributed by atoms with van der Waals surface area (Å²) in [4.78, 5) is 14.2. The standard InChI is InChI=1S/C19H18N2O4S/c1-14(25-17-12-11-15-7-5-6-8-16(15)13-17)19(22)20-21-26(23,24)18-9-3-2-4-10-18/h2-14,21H,1H3,(H,20,22). The number of carbonyl (C=O) groups is 1. The zero-order chi connectivity index (χ0) is 18.6. The van der Waals surface area contributed by atoms with Crippen LogP contribution in [0.2, 0.25) is 0 Å². The van der Waals surface area contributed by atoms with Crippen LogP contribution in [-0.4, -0.2) is 20.4 Å². The van der Waals surface area contributed by atoms with Crippen LogP contribution in [-0.2, 0) is 14.8 Å². The van der Waals surface area contributed by atoms with E-state index in [1.165, 1.54) is 12.1 Å². The maximum absolute atomic E-state index is 12.1. The molecule has 0 saturated heterocycles. The minimum absolute atomic E-state index is 0.0587. The third kappa shape index (κ3) is 4.19. The molecule has 0 saturated carbocycles. The van der Waals surface area contributed by atoms with Crippen LogP contribution in [0, 0.1) is 0 Å². The number of carbonyl (C=O) groups excluding carboxylic acids is 1. The quantitative estimate of drug-likeness (QED) is 0.653. The summed E-state index contributed by atoms with van der Waals surface area (Å²) in [5, 5.41) is 2.05. The second-order valence-corrected chi connectivity index (χ2v) is 7.36. The van der Waals surface area contributed by atoms with Gasteiger partial charge in [-0.3, -0.25) is 10.2 Å². The molecule has 0 aliphatic carbocycles. The van der Waals surface area contributed by atoms with E-state index in [-0.39, 0.29) is 4.90 Å². The fourth-order valence-electron chi connectivity index (χ4n) is 2.38. The maximum atomic E-state index is 12.1. The van der Waals surface area contributed by atoms with Gasteiger partial charge in [-0.2, -0.15) is 0 Å². The van der Waals surface area contributed by atoms with E-state index in [2.05, 4.69) is 10.3 Å². The number of sulfonamides is 1. The number of hydrogen-bond donors (Lipinski definition) is 2. The SMILES string of the molecule is CC(Oc1ccc2ccccc2c1)C(=O)NNS(=O)(=O)c1ccccc1. The second kappa shape index (κ2) is 7.55. The highest BCUT2D eigenvalue weighted by Gasteiger charge is 2.19. The average Bonchev–Trinajstić information content (AvgIpc) is 2.66. The molecule has 1 amide bonds. The summed E-state index contributed by atoms with van der Waals surface area (Å²) < 4.78 is 29.8. The topological polar surface area (TPSA) is 84.5 Å². The second-order valence-electron chi connectivity index (χ2n) is 5.68. The molecular weight excluding hydrogens is 352 g/mol. The number of rotatable bonds is 6. The zero-order valence-electron chi connectivity index (χ0n) is 14.0. The Morgan fingerprint density at radius 2 is 1.58 bits per heavy atom. The first-order valence-electron chi connectivity index (χ1n) is 7.98. The Morgan fingerprint density at radius 3 is 2.31 bits per heavy atom. The lowest BCUT2D eigenvalue weighted by Crippen LogP contribution is -2.47. The first kappa shape index (κ1) is 17.9. The minimum atomic E-state index is -3.83. The highest BCUT2D eigenvalue weighted by Crippen LogP contribution is 2.21. The van der Waals surface area contributed by atoms with Crippen molar-refractivity contribution >= 4 is 26.7 Å². The maximum Gasteiger partial charge on any atom is 0.275 e. The van der Waals surface area contributed by atoms with Crippen LogP contribution in [0.15, 0.2) is 77.7 Å². The Hall–Kier alpha value is -2.90. The predicted molar refractivity (Wildman–Crippen MR) is 98.9 cm³/mol. The van der Waals surface area contributed by atoms with Crippen LogP contribution in [0.4, 0.5) is 0 Å². The number of hydrogen-bond acceptors (Lipinski definition) is 4. The number of nitrogens with one attached hydrogen (secondary N) is 2. The lowest BCUT2D eigenvalue weighted by Gasteiger charge is -2.15. The molecule has 0 aliphatic heterocycles. The Morgan fingerprint density at radius 1 is 0.923 bits per heavy atom. The van der Waals surface area contributed by atoms with Crippen LogP contribution in [0.25, 0.3) is 10.8 Å². The molecule has 3 aromatic rings. The van der Waals surface area contributed by atoms with Gasteiger partial charge in [0.2, 0.25) is 0 Å². The van der Waals surface area contributed by atoms with E-state index in [1.54, 1.807) is 31.2 Å². The number of amides is 1. The molecule has 0 aliphatic rings. The largest absolute Gasteiger partial charge is 0.481 e. The van der Waals surface area contributed by atoms with Crippen molar-refractivity contribution in [2.75, 3.05) is 0 Å². The van der Waals surface area contributed by atoms with Gasteiger partial charge < -0.3 is 4.74 Å². The summed E-state index contributed by atoms with van der Waals surface area (Å²) in [5.41, 5.74) is 2.18. The molecule has 1 unspecified atom stereocenters. The average molecular weight is 370 g/mol. The van der Waals surface area contributed by atoms with E-state index < -0.39 is 22.0 Å². The molecule has 134 valence electrons. The minimum Gasteiger partial charge on any atom is -0.481 e. The molecular formula is C19H18N2O4S. The van der Waals surface area contributed by atoms with Crippen LogP contribution in [0.3, 0.4) is 0 Å². The van der Waals surface area contributed by atoms with E-state index in [0.717, 1.165) is 10.8 Å². The molecule has 0 heterocycles. The highest BCUT2D eigenvalue weighted by atomic mass is 32.2. The third-order valence-electron chi connectivity index (χ3n) is 3.77. The van der Waals surface area contributed by atoms with Crippen molar-refractivity contribution in [2.45, 2.75) is 17.9 Å². The number of benzene rings is 3. The van der Waals surface area contributed by atoms with Crippen LogP contribution in [0.5, 0.6) is 5.75 Å². The van der Waals surface area contributed by atoms with Crippen molar-refractivity contribution in [1.29, 1.82) is 0 Å². The summed E-state index contributed by atoms with van der Waals surface area (Å²) in [5.74, 6) is -0.0741. The van der Waals surface area contributed by atoms with Gasteiger partial charge in [0.05, 0.1) is 4.90 Å². The van der Waals surface area contributed by atoms with Gasteiger partial charge in [0.15, 0.2) is 6.10 Å². The molecule has 0 bridgehead atoms. The lowest BCUT2D eigenvalue weighted by atomic mass is 10.1. The summed E-state index contributed by atoms with van der Waals surface area (Å²) in [6, 6.07) is 21.0. The summed E-state index contributed by atoms with van der Waals surface area (Å²) in [6.07, 6.45) is -0.880. The Bertz CT molecular complexity index is 1020. The molecule has 0 aromatic heterocycles. The molecule has 26 heavy (non-hydrogen) atoms. The lowest BCUT2D eigenvalue weighted by molar-refractivity contribution is -0.127. The van der Waals surface area contributed by atoms with Crippen LogP contribution < -0.4 is 15.0 Å². The fourth-order valence-corrected chi connectivity index (χ4v) is 3.24. The Balaban J connectivity index is 1.62. The van der Waals surface area contributed by atoms with Crippen molar-refractivity contribution < 1.29 is 17.9 Å². The summed E-state index contributed by atoms with van der Waals surface area (Å²) in [7, 11) is -3.83. The fraction of sp³-hybridized carbons (Fsp3) is 0.105. The predicted octanol–water partition coefficient (Wildman–Crippen LogP) is 2.62. The first-order chi connectivity index (χ1) is 12.5. The van der Waals surface area contributed by atoms with Crippen LogP contribution in [0.1, 0.15) is 6.92 Å². The van der Waals surface area contributed by atoms with E-state index in [0.29, 0.717) is 5.75 Å². The van der Waals surface area contributed by atoms with E-state index >= 15 is 0 Å². The van der Waals surface area contributed by atoms with Gasteiger partial charge in [-0.15, -0.1) is 4.83 Å². The molecule has 6 nitrogen and oxygen atoms in total. The van der Waals surface area contributed by atoms with Crippen molar-refractivity contribution in [2.24, 2.45) is 0 Å². The van der Waals surface area contributed by atoms with E-state index in [1.807, 2.05) is 36.4 Å². The highest BCUT2D eigenvalue weighted by molar-refractivity contribution is 7.89. The number of fused-ring (bicyclic) bond motifs is 1. The van der Waals surface area contributed by atoms with Crippen LogP contribution >= 0.6 is 0 Å². The van der Waals surface area contributed by atoms with Gasteiger partial charge in [0.25, 0.3) is 15.9 Å². The normalized spacial score (nSPS) is 12.5. The smallest absolute Gasteiger partial charge is 0.275 e. The summed E-state index contributed by atoms with van der Waals surface area (Å²) in [6.45, 7) is 1.54. The molecule has 0 spiro atoms. The first-order valence-corrected chi connectivity index (χ1v) is 9.46. The van der Waals surface area contributed by atoms with Crippen molar-refractivity contribution in [3.05, 3.63) is 72.8 Å².